The van der Waals surface area contributed by atoms with Crippen molar-refractivity contribution in [3.8, 4) is 5.75 Å². The first kappa shape index (κ1) is 9.51. The van der Waals surface area contributed by atoms with Crippen LogP contribution in [0.15, 0.2) is 18.2 Å². The molecule has 2 rings (SSSR count). The fourth-order valence-electron chi connectivity index (χ4n) is 1.12. The molecule has 0 saturated carbocycles. The third-order valence-electron chi connectivity index (χ3n) is 1.70. The molecule has 0 unspecified atom stereocenters. The molecule has 0 radical (unpaired) electrons. The number of benzene rings is 1. The molecule has 3 N–H and O–H groups in total. The molecule has 1 aromatic carbocycles. The highest BCUT2D eigenvalue weighted by molar-refractivity contribution is 7.22. The number of nitrogens with two attached hydrogens (primary N) is 1. The zero-order valence-corrected chi connectivity index (χ0v) is 8.73. The number of nitrogens with one attached hydrogen (secondary N) is 1. The van der Waals surface area contributed by atoms with E-state index in [0.29, 0.717) is 5.13 Å². The summed E-state index contributed by atoms with van der Waals surface area (Å²) in [4.78, 5) is 4.23. The number of ether oxygens (including phenoxy) is 1. The number of hydrogen-bond acceptors (Lipinski definition) is 5. The molecule has 0 amide bonds. The van der Waals surface area contributed by atoms with E-state index in [9.17, 15) is 0 Å². The summed E-state index contributed by atoms with van der Waals surface area (Å²) in [6.45, 7) is 0. The number of halogens is 1. The van der Waals surface area contributed by atoms with Crippen molar-refractivity contribution in [1.82, 2.24) is 4.98 Å². The van der Waals surface area contributed by atoms with Gasteiger partial charge in [0.1, 0.15) is 5.75 Å². The van der Waals surface area contributed by atoms with Crippen LogP contribution in [-0.2, 0) is 0 Å². The highest BCUT2D eigenvalue weighted by Crippen LogP contribution is 2.28. The van der Waals surface area contributed by atoms with Gasteiger partial charge in [-0.2, -0.15) is 0 Å². The molecule has 0 bridgehead atoms. The number of thiazole rings is 1. The van der Waals surface area contributed by atoms with Crippen molar-refractivity contribution in [3.63, 3.8) is 0 Å². The van der Waals surface area contributed by atoms with Gasteiger partial charge in [-0.15, -0.1) is 0 Å². The van der Waals surface area contributed by atoms with Crippen molar-refractivity contribution in [2.75, 3.05) is 11.5 Å². The lowest BCUT2D eigenvalue weighted by Crippen LogP contribution is -2.05. The number of alkyl halides is 1. The van der Waals surface area contributed by atoms with Crippen LogP contribution < -0.4 is 16.0 Å². The van der Waals surface area contributed by atoms with E-state index >= 15 is 0 Å². The molecule has 0 aliphatic carbocycles. The van der Waals surface area contributed by atoms with Gasteiger partial charge in [-0.1, -0.05) is 22.9 Å². The summed E-state index contributed by atoms with van der Waals surface area (Å²) in [5.74, 6) is 5.99. The summed E-state index contributed by atoms with van der Waals surface area (Å²) in [6.07, 6.45) is 0. The van der Waals surface area contributed by atoms with Gasteiger partial charge in [-0.3, -0.25) is 5.43 Å². The Hall–Kier alpha value is -1.04. The van der Waals surface area contributed by atoms with E-state index in [2.05, 4.69) is 10.4 Å². The summed E-state index contributed by atoms with van der Waals surface area (Å²) in [6, 6.07) is 5.72. The summed E-state index contributed by atoms with van der Waals surface area (Å²) in [5, 5.41) is 0.683. The number of nitrogen functional groups attached to an aromatic ring is 1. The quantitative estimate of drug-likeness (QED) is 0.481. The van der Waals surface area contributed by atoms with Crippen molar-refractivity contribution in [3.05, 3.63) is 18.2 Å². The van der Waals surface area contributed by atoms with Gasteiger partial charge in [-0.25, -0.2) is 10.8 Å². The first-order valence-corrected chi connectivity index (χ1v) is 5.24. The van der Waals surface area contributed by atoms with E-state index in [-0.39, 0.29) is 6.07 Å². The standard InChI is InChI=1S/C8H8ClN3OS/c9-4-13-5-1-2-6-7(3-5)14-8(11-6)12-10/h1-3H,4,10H2,(H,11,12). The van der Waals surface area contributed by atoms with Crippen molar-refractivity contribution < 1.29 is 4.74 Å². The highest BCUT2D eigenvalue weighted by atomic mass is 35.5. The van der Waals surface area contributed by atoms with E-state index in [0.717, 1.165) is 16.0 Å². The maximum absolute atomic E-state index is 5.45. The molecular formula is C8H8ClN3OS. The molecule has 1 heterocycles. The molecule has 0 aliphatic heterocycles. The van der Waals surface area contributed by atoms with Crippen molar-refractivity contribution >= 4 is 38.3 Å². The number of aromatic nitrogens is 1. The maximum Gasteiger partial charge on any atom is 0.198 e. The van der Waals surface area contributed by atoms with Gasteiger partial charge in [0, 0.05) is 0 Å². The lowest BCUT2D eigenvalue weighted by atomic mass is 10.3. The zero-order chi connectivity index (χ0) is 9.97. The first-order chi connectivity index (χ1) is 6.83. The second-order valence-electron chi connectivity index (χ2n) is 2.55. The summed E-state index contributed by atoms with van der Waals surface area (Å²) in [7, 11) is 0. The average molecular weight is 230 g/mol. The van der Waals surface area contributed by atoms with E-state index < -0.39 is 0 Å². The van der Waals surface area contributed by atoms with Crippen LogP contribution in [0.25, 0.3) is 10.2 Å². The van der Waals surface area contributed by atoms with Gasteiger partial charge in [-0.05, 0) is 18.2 Å². The number of rotatable bonds is 3. The molecular weight excluding hydrogens is 222 g/mol. The third kappa shape index (κ3) is 1.75. The van der Waals surface area contributed by atoms with E-state index in [1.54, 1.807) is 0 Å². The molecule has 0 saturated heterocycles. The van der Waals surface area contributed by atoms with E-state index in [1.165, 1.54) is 11.3 Å². The number of hydrazine groups is 1. The van der Waals surface area contributed by atoms with Crippen LogP contribution in [0, 0.1) is 0 Å². The van der Waals surface area contributed by atoms with E-state index in [4.69, 9.17) is 22.2 Å². The Morgan fingerprint density at radius 1 is 1.57 bits per heavy atom. The topological polar surface area (TPSA) is 60.2 Å². The summed E-state index contributed by atoms with van der Waals surface area (Å²) in [5.41, 5.74) is 3.40. The molecule has 6 heteroatoms. The summed E-state index contributed by atoms with van der Waals surface area (Å²) >= 11 is 6.92. The van der Waals surface area contributed by atoms with Gasteiger partial charge >= 0.3 is 0 Å². The molecule has 4 nitrogen and oxygen atoms in total. The monoisotopic (exact) mass is 229 g/mol. The maximum atomic E-state index is 5.45. The van der Waals surface area contributed by atoms with Crippen LogP contribution in [-0.4, -0.2) is 11.1 Å². The van der Waals surface area contributed by atoms with Crippen LogP contribution >= 0.6 is 22.9 Å². The van der Waals surface area contributed by atoms with Gasteiger partial charge in [0.2, 0.25) is 0 Å². The minimum absolute atomic E-state index is 0.145. The Morgan fingerprint density at radius 3 is 3.14 bits per heavy atom. The van der Waals surface area contributed by atoms with Crippen molar-refractivity contribution in [1.29, 1.82) is 0 Å². The number of anilines is 1. The molecule has 2 aromatic rings. The van der Waals surface area contributed by atoms with Gasteiger partial charge in [0.15, 0.2) is 11.2 Å². The zero-order valence-electron chi connectivity index (χ0n) is 7.16. The minimum Gasteiger partial charge on any atom is -0.478 e. The molecule has 1 aromatic heterocycles. The lowest BCUT2D eigenvalue weighted by Gasteiger charge is -1.99. The van der Waals surface area contributed by atoms with Gasteiger partial charge in [0.05, 0.1) is 10.2 Å². The van der Waals surface area contributed by atoms with Crippen LogP contribution in [0.3, 0.4) is 0 Å². The highest BCUT2D eigenvalue weighted by Gasteiger charge is 2.03. The summed E-state index contributed by atoms with van der Waals surface area (Å²) < 4.78 is 6.16. The average Bonchev–Trinajstić information content (AvgIpc) is 2.60. The second kappa shape index (κ2) is 4.00. The van der Waals surface area contributed by atoms with E-state index in [1.807, 2.05) is 18.2 Å². The SMILES string of the molecule is NNc1nc2ccc(OCCl)cc2s1. The minimum atomic E-state index is 0.145. The first-order valence-electron chi connectivity index (χ1n) is 3.89. The Kier molecular flexibility index (Phi) is 2.72. The molecule has 74 valence electrons. The lowest BCUT2D eigenvalue weighted by molar-refractivity contribution is 0.388. The molecule has 14 heavy (non-hydrogen) atoms. The van der Waals surface area contributed by atoms with Crippen LogP contribution in [0.4, 0.5) is 5.13 Å². The number of hydrogen-bond donors (Lipinski definition) is 2. The van der Waals surface area contributed by atoms with Crippen LogP contribution in [0.1, 0.15) is 0 Å². The van der Waals surface area contributed by atoms with Crippen molar-refractivity contribution in [2.24, 2.45) is 5.84 Å². The predicted molar refractivity (Wildman–Crippen MR) is 58.8 cm³/mol. The van der Waals surface area contributed by atoms with Crippen molar-refractivity contribution in [2.45, 2.75) is 0 Å². The Balaban J connectivity index is 2.43. The van der Waals surface area contributed by atoms with Gasteiger partial charge in [0.25, 0.3) is 0 Å². The van der Waals surface area contributed by atoms with Crippen LogP contribution in [0.2, 0.25) is 0 Å². The number of fused-ring (bicyclic) bond motifs is 1. The third-order valence-corrected chi connectivity index (χ3v) is 2.76. The second-order valence-corrected chi connectivity index (χ2v) is 3.80. The largest absolute Gasteiger partial charge is 0.478 e. The predicted octanol–water partition coefficient (Wildman–Crippen LogP) is 2.16. The smallest absolute Gasteiger partial charge is 0.198 e. The Bertz CT molecular complexity index is 445. The molecule has 0 fully saturated rings. The Morgan fingerprint density at radius 2 is 2.43 bits per heavy atom. The normalized spacial score (nSPS) is 10.4. The molecule has 0 atom stereocenters. The molecule has 0 spiro atoms. The van der Waals surface area contributed by atoms with Crippen LogP contribution in [0.5, 0.6) is 5.75 Å². The molecule has 0 aliphatic rings. The number of nitrogens with zero attached hydrogens (tertiary/aromatic N) is 1. The fraction of sp³-hybridized carbons (Fsp3) is 0.125. The van der Waals surface area contributed by atoms with Gasteiger partial charge < -0.3 is 4.74 Å². The fourth-order valence-corrected chi connectivity index (χ4v) is 2.05. The Labute approximate surface area is 89.6 Å².